The van der Waals surface area contributed by atoms with E-state index in [0.29, 0.717) is 5.56 Å². The van der Waals surface area contributed by atoms with Crippen LogP contribution in [0.1, 0.15) is 5.69 Å². The normalized spacial score (nSPS) is 11.8. The van der Waals surface area contributed by atoms with Crippen LogP contribution in [0.5, 0.6) is 0 Å². The quantitative estimate of drug-likeness (QED) is 0.441. The van der Waals surface area contributed by atoms with Crippen LogP contribution in [-0.4, -0.2) is 16.0 Å². The maximum Gasteiger partial charge on any atom is 0.433 e. The SMILES string of the molecule is CSc1ccc(-c2nn(C)c(C(F)(F)F)c2-c2ccc(F)cc2)cc1. The van der Waals surface area contributed by atoms with Crippen molar-refractivity contribution in [1.82, 2.24) is 9.78 Å². The Morgan fingerprint density at radius 1 is 0.920 bits per heavy atom. The number of alkyl halides is 3. The molecule has 0 atom stereocenters. The zero-order valence-electron chi connectivity index (χ0n) is 13.4. The molecule has 130 valence electrons. The first-order valence-electron chi connectivity index (χ1n) is 7.36. The highest BCUT2D eigenvalue weighted by Gasteiger charge is 2.39. The fourth-order valence-corrected chi connectivity index (χ4v) is 3.10. The lowest BCUT2D eigenvalue weighted by molar-refractivity contribution is -0.143. The van der Waals surface area contributed by atoms with E-state index in [9.17, 15) is 17.6 Å². The van der Waals surface area contributed by atoms with Crippen molar-refractivity contribution in [3.63, 3.8) is 0 Å². The monoisotopic (exact) mass is 366 g/mol. The highest BCUT2D eigenvalue weighted by atomic mass is 32.2. The minimum atomic E-state index is -4.58. The summed E-state index contributed by atoms with van der Waals surface area (Å²) in [5, 5.41) is 4.10. The van der Waals surface area contributed by atoms with Gasteiger partial charge in [0, 0.05) is 23.1 Å². The fourth-order valence-electron chi connectivity index (χ4n) is 2.69. The largest absolute Gasteiger partial charge is 0.433 e. The predicted octanol–water partition coefficient (Wildman–Crippen LogP) is 5.63. The minimum absolute atomic E-state index is 0.0492. The molecule has 3 aromatic rings. The van der Waals surface area contributed by atoms with Crippen LogP contribution in [0, 0.1) is 5.82 Å². The summed E-state index contributed by atoms with van der Waals surface area (Å²) in [6.07, 6.45) is -2.66. The first-order valence-corrected chi connectivity index (χ1v) is 8.58. The Bertz CT molecular complexity index is 881. The summed E-state index contributed by atoms with van der Waals surface area (Å²) in [4.78, 5) is 0.999. The second-order valence-electron chi connectivity index (χ2n) is 5.43. The van der Waals surface area contributed by atoms with E-state index in [-0.39, 0.29) is 16.8 Å². The smallest absolute Gasteiger partial charge is 0.262 e. The molecule has 0 aliphatic heterocycles. The second kappa shape index (κ2) is 6.55. The maximum absolute atomic E-state index is 13.6. The fraction of sp³-hybridized carbons (Fsp3) is 0.167. The molecule has 0 amide bonds. The zero-order chi connectivity index (χ0) is 18.2. The van der Waals surface area contributed by atoms with Crippen molar-refractivity contribution in [2.75, 3.05) is 6.26 Å². The van der Waals surface area contributed by atoms with Crippen molar-refractivity contribution in [2.24, 2.45) is 7.05 Å². The third kappa shape index (κ3) is 3.42. The lowest BCUT2D eigenvalue weighted by Gasteiger charge is -2.11. The number of rotatable bonds is 3. The van der Waals surface area contributed by atoms with E-state index in [1.165, 1.54) is 19.2 Å². The number of hydrogen-bond donors (Lipinski definition) is 0. The molecule has 0 fully saturated rings. The average molecular weight is 366 g/mol. The molecule has 0 aliphatic rings. The van der Waals surface area contributed by atoms with Gasteiger partial charge in [-0.1, -0.05) is 24.3 Å². The van der Waals surface area contributed by atoms with Crippen molar-refractivity contribution in [2.45, 2.75) is 11.1 Å². The lowest BCUT2D eigenvalue weighted by atomic mass is 9.98. The summed E-state index contributed by atoms with van der Waals surface area (Å²) in [5.41, 5.74) is 0.151. The van der Waals surface area contributed by atoms with Crippen molar-refractivity contribution in [3.8, 4) is 22.4 Å². The van der Waals surface area contributed by atoms with Crippen molar-refractivity contribution in [1.29, 1.82) is 0 Å². The van der Waals surface area contributed by atoms with E-state index in [1.807, 2.05) is 18.4 Å². The van der Waals surface area contributed by atoms with Crippen LogP contribution in [-0.2, 0) is 13.2 Å². The Balaban J connectivity index is 2.26. The molecule has 2 nitrogen and oxygen atoms in total. The van der Waals surface area contributed by atoms with Gasteiger partial charge in [-0.15, -0.1) is 11.8 Å². The molecule has 0 N–H and O–H groups in total. The van der Waals surface area contributed by atoms with Gasteiger partial charge < -0.3 is 0 Å². The molecule has 7 heteroatoms. The Labute approximate surface area is 146 Å². The Morgan fingerprint density at radius 3 is 2.00 bits per heavy atom. The third-order valence-electron chi connectivity index (χ3n) is 3.81. The van der Waals surface area contributed by atoms with Gasteiger partial charge >= 0.3 is 6.18 Å². The molecule has 2 aromatic carbocycles. The third-order valence-corrected chi connectivity index (χ3v) is 4.56. The van der Waals surface area contributed by atoms with Gasteiger partial charge in [-0.2, -0.15) is 18.3 Å². The minimum Gasteiger partial charge on any atom is -0.262 e. The number of hydrogen-bond acceptors (Lipinski definition) is 2. The number of aromatic nitrogens is 2. The standard InChI is InChI=1S/C18H14F4N2S/c1-24-17(18(20,21)22)15(11-3-7-13(19)8-4-11)16(23-24)12-5-9-14(25-2)10-6-12/h3-10H,1-2H3. The second-order valence-corrected chi connectivity index (χ2v) is 6.31. The molecular weight excluding hydrogens is 352 g/mol. The summed E-state index contributed by atoms with van der Waals surface area (Å²) < 4.78 is 54.8. The van der Waals surface area contributed by atoms with Gasteiger partial charge in [-0.25, -0.2) is 4.39 Å². The van der Waals surface area contributed by atoms with Gasteiger partial charge in [0.05, 0.1) is 0 Å². The van der Waals surface area contributed by atoms with Crippen LogP contribution < -0.4 is 0 Å². The van der Waals surface area contributed by atoms with Gasteiger partial charge in [0.25, 0.3) is 0 Å². The molecule has 0 spiro atoms. The molecule has 0 saturated carbocycles. The zero-order valence-corrected chi connectivity index (χ0v) is 14.2. The molecule has 0 bridgehead atoms. The summed E-state index contributed by atoms with van der Waals surface area (Å²) in [6, 6.07) is 12.1. The van der Waals surface area contributed by atoms with Gasteiger partial charge in [0.1, 0.15) is 11.5 Å². The van der Waals surface area contributed by atoms with Gasteiger partial charge in [0.15, 0.2) is 5.69 Å². The Kier molecular flexibility index (Phi) is 4.60. The molecular formula is C18H14F4N2S. The maximum atomic E-state index is 13.6. The molecule has 1 heterocycles. The summed E-state index contributed by atoms with van der Waals surface area (Å²) >= 11 is 1.54. The van der Waals surface area contributed by atoms with Crippen molar-refractivity contribution in [3.05, 3.63) is 60.0 Å². The van der Waals surface area contributed by atoms with Gasteiger partial charge in [-0.3, -0.25) is 4.68 Å². The van der Waals surface area contributed by atoms with Gasteiger partial charge in [0.2, 0.25) is 0 Å². The lowest BCUT2D eigenvalue weighted by Crippen LogP contribution is -2.13. The number of nitrogens with zero attached hydrogens (tertiary/aromatic N) is 2. The van der Waals surface area contributed by atoms with Gasteiger partial charge in [-0.05, 0) is 36.1 Å². The first-order chi connectivity index (χ1) is 11.8. The molecule has 0 saturated heterocycles. The van der Waals surface area contributed by atoms with E-state index >= 15 is 0 Å². The highest BCUT2D eigenvalue weighted by molar-refractivity contribution is 7.98. The first kappa shape index (κ1) is 17.5. The van der Waals surface area contributed by atoms with E-state index in [4.69, 9.17) is 0 Å². The van der Waals surface area contributed by atoms with Crippen LogP contribution in [0.25, 0.3) is 22.4 Å². The highest BCUT2D eigenvalue weighted by Crippen LogP contribution is 2.42. The van der Waals surface area contributed by atoms with Crippen molar-refractivity contribution < 1.29 is 17.6 Å². The average Bonchev–Trinajstić information content (AvgIpc) is 2.93. The van der Waals surface area contributed by atoms with E-state index in [2.05, 4.69) is 5.10 Å². The molecule has 3 rings (SSSR count). The molecule has 0 unspecified atom stereocenters. The number of halogens is 4. The molecule has 0 radical (unpaired) electrons. The number of aryl methyl sites for hydroxylation is 1. The number of benzene rings is 2. The summed E-state index contributed by atoms with van der Waals surface area (Å²) in [7, 11) is 1.26. The van der Waals surface area contributed by atoms with Crippen LogP contribution in [0.4, 0.5) is 17.6 Å². The molecule has 1 aromatic heterocycles. The molecule has 25 heavy (non-hydrogen) atoms. The van der Waals surface area contributed by atoms with E-state index < -0.39 is 17.7 Å². The van der Waals surface area contributed by atoms with E-state index in [0.717, 1.165) is 21.7 Å². The van der Waals surface area contributed by atoms with Crippen LogP contribution in [0.15, 0.2) is 53.4 Å². The summed E-state index contributed by atoms with van der Waals surface area (Å²) in [5.74, 6) is -0.507. The molecule has 0 aliphatic carbocycles. The predicted molar refractivity (Wildman–Crippen MR) is 90.8 cm³/mol. The van der Waals surface area contributed by atoms with Crippen molar-refractivity contribution >= 4 is 11.8 Å². The summed E-state index contributed by atoms with van der Waals surface area (Å²) in [6.45, 7) is 0. The van der Waals surface area contributed by atoms with Crippen LogP contribution in [0.3, 0.4) is 0 Å². The Morgan fingerprint density at radius 2 is 1.48 bits per heavy atom. The topological polar surface area (TPSA) is 17.8 Å². The van der Waals surface area contributed by atoms with Crippen LogP contribution in [0.2, 0.25) is 0 Å². The number of thioether (sulfide) groups is 1. The van der Waals surface area contributed by atoms with E-state index in [1.54, 1.807) is 23.9 Å². The Hall–Kier alpha value is -2.28. The van der Waals surface area contributed by atoms with Crippen LogP contribution >= 0.6 is 11.8 Å².